The maximum absolute atomic E-state index is 13.9. The lowest BCUT2D eigenvalue weighted by Gasteiger charge is -2.30. The SMILES string of the molecule is O=C(Nc1cccc(Cl)c1F)C1CCN(S(=O)(=O)c2ccccc2F)CC1. The zero-order chi connectivity index (χ0) is 19.6. The van der Waals surface area contributed by atoms with E-state index in [-0.39, 0.29) is 41.5 Å². The Labute approximate surface area is 161 Å². The highest BCUT2D eigenvalue weighted by Gasteiger charge is 2.33. The first-order valence-corrected chi connectivity index (χ1v) is 10.1. The molecule has 0 radical (unpaired) electrons. The predicted octanol–water partition coefficient (Wildman–Crippen LogP) is 3.66. The molecule has 0 aromatic heterocycles. The number of hydrogen-bond acceptors (Lipinski definition) is 3. The quantitative estimate of drug-likeness (QED) is 0.830. The summed E-state index contributed by atoms with van der Waals surface area (Å²) < 4.78 is 54.1. The number of benzene rings is 2. The van der Waals surface area contributed by atoms with Gasteiger partial charge in [0.15, 0.2) is 5.82 Å². The van der Waals surface area contributed by atoms with Gasteiger partial charge in [-0.25, -0.2) is 17.2 Å². The van der Waals surface area contributed by atoms with Crippen LogP contribution in [0.5, 0.6) is 0 Å². The first kappa shape index (κ1) is 19.7. The molecule has 2 aromatic rings. The third-order valence-corrected chi connectivity index (χ3v) is 6.71. The van der Waals surface area contributed by atoms with Crippen molar-refractivity contribution in [2.24, 2.45) is 5.92 Å². The summed E-state index contributed by atoms with van der Waals surface area (Å²) in [5.74, 6) is -2.41. The fourth-order valence-electron chi connectivity index (χ4n) is 2.99. The van der Waals surface area contributed by atoms with Gasteiger partial charge in [-0.05, 0) is 37.1 Å². The number of amides is 1. The number of piperidine rings is 1. The van der Waals surface area contributed by atoms with Gasteiger partial charge in [0.05, 0.1) is 10.7 Å². The summed E-state index contributed by atoms with van der Waals surface area (Å²) in [6.45, 7) is 0.152. The molecule has 1 saturated heterocycles. The Morgan fingerprint density at radius 2 is 1.74 bits per heavy atom. The van der Waals surface area contributed by atoms with Crippen molar-refractivity contribution in [3.63, 3.8) is 0 Å². The van der Waals surface area contributed by atoms with Gasteiger partial charge in [-0.2, -0.15) is 4.31 Å². The van der Waals surface area contributed by atoms with Crippen LogP contribution in [0.4, 0.5) is 14.5 Å². The molecule has 5 nitrogen and oxygen atoms in total. The molecule has 2 aromatic carbocycles. The van der Waals surface area contributed by atoms with E-state index in [1.54, 1.807) is 0 Å². The van der Waals surface area contributed by atoms with E-state index in [0.717, 1.165) is 10.4 Å². The molecule has 9 heteroatoms. The van der Waals surface area contributed by atoms with Crippen LogP contribution in [0.1, 0.15) is 12.8 Å². The molecule has 0 bridgehead atoms. The van der Waals surface area contributed by atoms with Crippen LogP contribution in [0.25, 0.3) is 0 Å². The second-order valence-electron chi connectivity index (χ2n) is 6.20. The van der Waals surface area contributed by atoms with E-state index >= 15 is 0 Å². The Morgan fingerprint density at radius 3 is 2.41 bits per heavy atom. The summed E-state index contributed by atoms with van der Waals surface area (Å²) in [5, 5.41) is 2.39. The molecule has 1 fully saturated rings. The number of sulfonamides is 1. The maximum atomic E-state index is 13.9. The lowest BCUT2D eigenvalue weighted by molar-refractivity contribution is -0.120. The lowest BCUT2D eigenvalue weighted by Crippen LogP contribution is -2.41. The van der Waals surface area contributed by atoms with Gasteiger partial charge in [-0.3, -0.25) is 4.79 Å². The number of carbonyl (C=O) groups is 1. The maximum Gasteiger partial charge on any atom is 0.245 e. The number of nitrogens with zero attached hydrogens (tertiary/aromatic N) is 1. The van der Waals surface area contributed by atoms with Gasteiger partial charge in [0.25, 0.3) is 0 Å². The minimum atomic E-state index is -3.96. The van der Waals surface area contributed by atoms with E-state index < -0.39 is 33.5 Å². The molecule has 27 heavy (non-hydrogen) atoms. The minimum Gasteiger partial charge on any atom is -0.323 e. The molecule has 0 aliphatic carbocycles. The van der Waals surface area contributed by atoms with Crippen molar-refractivity contribution >= 4 is 33.2 Å². The smallest absolute Gasteiger partial charge is 0.245 e. The fraction of sp³-hybridized carbons (Fsp3) is 0.278. The molecular weight excluding hydrogens is 398 g/mol. The topological polar surface area (TPSA) is 66.5 Å². The van der Waals surface area contributed by atoms with E-state index in [1.165, 1.54) is 36.4 Å². The van der Waals surface area contributed by atoms with Gasteiger partial charge >= 0.3 is 0 Å². The van der Waals surface area contributed by atoms with Crippen LogP contribution >= 0.6 is 11.6 Å². The fourth-order valence-corrected chi connectivity index (χ4v) is 4.70. The molecule has 3 rings (SSSR count). The van der Waals surface area contributed by atoms with E-state index in [9.17, 15) is 22.0 Å². The monoisotopic (exact) mass is 414 g/mol. The Kier molecular flexibility index (Phi) is 5.78. The molecule has 0 spiro atoms. The van der Waals surface area contributed by atoms with Crippen molar-refractivity contribution in [2.45, 2.75) is 17.7 Å². The van der Waals surface area contributed by atoms with Crippen LogP contribution in [0.2, 0.25) is 5.02 Å². The first-order chi connectivity index (χ1) is 12.8. The Hall–Kier alpha value is -2.03. The van der Waals surface area contributed by atoms with E-state index in [2.05, 4.69) is 5.32 Å². The molecule has 0 saturated carbocycles. The van der Waals surface area contributed by atoms with Gasteiger partial charge in [0.1, 0.15) is 10.7 Å². The number of anilines is 1. The second kappa shape index (κ2) is 7.92. The minimum absolute atomic E-state index is 0.0195. The van der Waals surface area contributed by atoms with Gasteiger partial charge in [-0.1, -0.05) is 29.8 Å². The normalized spacial score (nSPS) is 16.3. The standard InChI is InChI=1S/C18H17ClF2N2O3S/c19-13-4-3-6-15(17(13)21)22-18(24)12-8-10-23(11-9-12)27(25,26)16-7-2-1-5-14(16)20/h1-7,12H,8-11H2,(H,22,24). The van der Waals surface area contributed by atoms with E-state index in [4.69, 9.17) is 11.6 Å². The van der Waals surface area contributed by atoms with Crippen LogP contribution < -0.4 is 5.32 Å². The molecule has 0 unspecified atom stereocenters. The lowest BCUT2D eigenvalue weighted by atomic mass is 9.97. The Balaban J connectivity index is 1.66. The van der Waals surface area contributed by atoms with Crippen molar-refractivity contribution < 1.29 is 22.0 Å². The highest BCUT2D eigenvalue weighted by Crippen LogP contribution is 2.27. The third-order valence-electron chi connectivity index (χ3n) is 4.49. The zero-order valence-electron chi connectivity index (χ0n) is 14.2. The summed E-state index contributed by atoms with van der Waals surface area (Å²) in [7, 11) is -3.96. The van der Waals surface area contributed by atoms with Crippen LogP contribution in [0, 0.1) is 17.6 Å². The van der Waals surface area contributed by atoms with Gasteiger partial charge in [0.2, 0.25) is 15.9 Å². The molecule has 144 valence electrons. The summed E-state index contributed by atoms with van der Waals surface area (Å²) >= 11 is 5.69. The number of rotatable bonds is 4. The highest BCUT2D eigenvalue weighted by molar-refractivity contribution is 7.89. The van der Waals surface area contributed by atoms with Crippen molar-refractivity contribution in [2.75, 3.05) is 18.4 Å². The third kappa shape index (κ3) is 4.12. The molecule has 1 amide bonds. The predicted molar refractivity (Wildman–Crippen MR) is 97.9 cm³/mol. The van der Waals surface area contributed by atoms with Gasteiger partial charge in [-0.15, -0.1) is 0 Å². The number of carbonyl (C=O) groups excluding carboxylic acids is 1. The van der Waals surface area contributed by atoms with Gasteiger partial charge in [0, 0.05) is 19.0 Å². The van der Waals surface area contributed by atoms with Crippen molar-refractivity contribution in [3.05, 3.63) is 59.1 Å². The molecular formula is C18H17ClF2N2O3S. The van der Waals surface area contributed by atoms with Crippen LogP contribution in [-0.2, 0) is 14.8 Å². The van der Waals surface area contributed by atoms with Crippen LogP contribution in [0.3, 0.4) is 0 Å². The van der Waals surface area contributed by atoms with E-state index in [0.29, 0.717) is 0 Å². The average Bonchev–Trinajstić information content (AvgIpc) is 2.65. The Bertz CT molecular complexity index is 961. The summed E-state index contributed by atoms with van der Waals surface area (Å²) in [6.07, 6.45) is 0.503. The molecule has 1 aliphatic rings. The van der Waals surface area contributed by atoms with Crippen LogP contribution in [-0.4, -0.2) is 31.7 Å². The Morgan fingerprint density at radius 1 is 1.07 bits per heavy atom. The van der Waals surface area contributed by atoms with Crippen molar-refractivity contribution in [3.8, 4) is 0 Å². The highest BCUT2D eigenvalue weighted by atomic mass is 35.5. The first-order valence-electron chi connectivity index (χ1n) is 8.30. The average molecular weight is 415 g/mol. The molecule has 1 aliphatic heterocycles. The number of hydrogen-bond donors (Lipinski definition) is 1. The van der Waals surface area contributed by atoms with E-state index in [1.807, 2.05) is 0 Å². The summed E-state index contributed by atoms with van der Waals surface area (Å²) in [4.78, 5) is 12.0. The number of nitrogens with one attached hydrogen (secondary N) is 1. The number of halogens is 3. The van der Waals surface area contributed by atoms with Crippen molar-refractivity contribution in [1.82, 2.24) is 4.31 Å². The molecule has 0 atom stereocenters. The summed E-state index contributed by atoms with van der Waals surface area (Å²) in [6, 6.07) is 9.47. The van der Waals surface area contributed by atoms with Crippen molar-refractivity contribution in [1.29, 1.82) is 0 Å². The van der Waals surface area contributed by atoms with Crippen LogP contribution in [0.15, 0.2) is 47.4 Å². The molecule has 1 N–H and O–H groups in total. The summed E-state index contributed by atoms with van der Waals surface area (Å²) in [5.41, 5.74) is -0.0195. The van der Waals surface area contributed by atoms with Gasteiger partial charge < -0.3 is 5.32 Å². The largest absolute Gasteiger partial charge is 0.323 e. The molecule has 1 heterocycles. The zero-order valence-corrected chi connectivity index (χ0v) is 15.7. The second-order valence-corrected chi connectivity index (χ2v) is 8.51.